The molecule has 2 heterocycles. The molecule has 26 heavy (non-hydrogen) atoms. The highest BCUT2D eigenvalue weighted by molar-refractivity contribution is 5.95. The highest BCUT2D eigenvalue weighted by Gasteiger charge is 2.29. The summed E-state index contributed by atoms with van der Waals surface area (Å²) in [6, 6.07) is 11.9. The predicted molar refractivity (Wildman–Crippen MR) is 101 cm³/mol. The van der Waals surface area contributed by atoms with Crippen LogP contribution in [0.1, 0.15) is 28.8 Å². The maximum absolute atomic E-state index is 12.3. The summed E-state index contributed by atoms with van der Waals surface area (Å²) in [5, 5.41) is 6.49. The third-order valence-corrected chi connectivity index (χ3v) is 4.86. The maximum Gasteiger partial charge on any atom is 0.251 e. The average molecular weight is 347 g/mol. The summed E-state index contributed by atoms with van der Waals surface area (Å²) < 4.78 is 0. The molecule has 1 fully saturated rings. The minimum Gasteiger partial charge on any atom is -0.367 e. The van der Waals surface area contributed by atoms with Gasteiger partial charge in [-0.15, -0.1) is 0 Å². The van der Waals surface area contributed by atoms with Crippen molar-refractivity contribution in [2.75, 3.05) is 11.9 Å². The van der Waals surface area contributed by atoms with Crippen molar-refractivity contribution < 1.29 is 4.79 Å². The van der Waals surface area contributed by atoms with Crippen LogP contribution >= 0.6 is 0 Å². The number of nitrogens with zero attached hydrogens (tertiary/aromatic N) is 3. The number of hydrogen-bond donors (Lipinski definition) is 2. The van der Waals surface area contributed by atoms with Crippen molar-refractivity contribution in [1.29, 1.82) is 0 Å². The van der Waals surface area contributed by atoms with Gasteiger partial charge in [0.2, 0.25) is 0 Å². The number of amides is 1. The van der Waals surface area contributed by atoms with Crippen molar-refractivity contribution >= 4 is 22.9 Å². The van der Waals surface area contributed by atoms with E-state index in [0.29, 0.717) is 24.2 Å². The molecular formula is C20H21N5O. The van der Waals surface area contributed by atoms with E-state index in [0.717, 1.165) is 35.3 Å². The SMILES string of the molecule is Cc1ccccc1C(=O)NCC1CC(Nc2ccc3nccnc3n2)C1. The Kier molecular flexibility index (Phi) is 4.48. The quantitative estimate of drug-likeness (QED) is 0.742. The molecule has 0 unspecified atom stereocenters. The lowest BCUT2D eigenvalue weighted by Gasteiger charge is -2.36. The predicted octanol–water partition coefficient (Wildman–Crippen LogP) is 2.95. The second-order valence-corrected chi connectivity index (χ2v) is 6.80. The van der Waals surface area contributed by atoms with E-state index in [4.69, 9.17) is 0 Å². The molecule has 2 aromatic heterocycles. The van der Waals surface area contributed by atoms with Crippen molar-refractivity contribution in [3.05, 3.63) is 59.9 Å². The molecule has 0 spiro atoms. The van der Waals surface area contributed by atoms with Gasteiger partial charge in [0.05, 0.1) is 0 Å². The standard InChI is InChI=1S/C20H21N5O/c1-13-4-2-3-5-16(13)20(26)23-12-14-10-15(11-14)24-18-7-6-17-19(25-18)22-9-8-21-17/h2-9,14-15H,10-12H2,1H3,(H,23,26)(H,22,24,25). The van der Waals surface area contributed by atoms with Gasteiger partial charge in [-0.05, 0) is 49.4 Å². The van der Waals surface area contributed by atoms with Crippen LogP contribution in [-0.2, 0) is 0 Å². The van der Waals surface area contributed by atoms with Crippen LogP contribution in [0.25, 0.3) is 11.2 Å². The van der Waals surface area contributed by atoms with Crippen molar-refractivity contribution in [2.24, 2.45) is 5.92 Å². The molecule has 1 aromatic carbocycles. The fourth-order valence-electron chi connectivity index (χ4n) is 3.32. The third kappa shape index (κ3) is 3.49. The molecule has 0 radical (unpaired) electrons. The average Bonchev–Trinajstić information content (AvgIpc) is 2.63. The number of nitrogens with one attached hydrogen (secondary N) is 2. The topological polar surface area (TPSA) is 79.8 Å². The molecule has 1 aliphatic rings. The highest BCUT2D eigenvalue weighted by atomic mass is 16.1. The van der Waals surface area contributed by atoms with Crippen LogP contribution in [0.15, 0.2) is 48.8 Å². The minimum absolute atomic E-state index is 0.00859. The number of aryl methyl sites for hydroxylation is 1. The summed E-state index contributed by atoms with van der Waals surface area (Å²) in [6.45, 7) is 2.67. The van der Waals surface area contributed by atoms with E-state index in [2.05, 4.69) is 25.6 Å². The summed E-state index contributed by atoms with van der Waals surface area (Å²) in [7, 11) is 0. The van der Waals surface area contributed by atoms with Crippen molar-refractivity contribution in [3.8, 4) is 0 Å². The molecule has 6 heteroatoms. The number of aromatic nitrogens is 3. The molecule has 6 nitrogen and oxygen atoms in total. The van der Waals surface area contributed by atoms with Crippen LogP contribution < -0.4 is 10.6 Å². The Hall–Kier alpha value is -3.02. The third-order valence-electron chi connectivity index (χ3n) is 4.86. The highest BCUT2D eigenvalue weighted by Crippen LogP contribution is 2.29. The number of benzene rings is 1. The van der Waals surface area contributed by atoms with E-state index in [9.17, 15) is 4.79 Å². The van der Waals surface area contributed by atoms with E-state index in [1.165, 1.54) is 0 Å². The summed E-state index contributed by atoms with van der Waals surface area (Å²) in [6.07, 6.45) is 5.36. The number of anilines is 1. The Morgan fingerprint density at radius 1 is 1.12 bits per heavy atom. The van der Waals surface area contributed by atoms with Crippen LogP contribution in [0.4, 0.5) is 5.82 Å². The zero-order valence-electron chi connectivity index (χ0n) is 14.6. The first-order valence-corrected chi connectivity index (χ1v) is 8.87. The van der Waals surface area contributed by atoms with Gasteiger partial charge in [-0.25, -0.2) is 9.97 Å². The van der Waals surface area contributed by atoms with Crippen molar-refractivity contribution in [1.82, 2.24) is 20.3 Å². The maximum atomic E-state index is 12.3. The van der Waals surface area contributed by atoms with E-state index in [1.54, 1.807) is 12.4 Å². The van der Waals surface area contributed by atoms with Gasteiger partial charge in [0.1, 0.15) is 11.3 Å². The number of fused-ring (bicyclic) bond motifs is 1. The Morgan fingerprint density at radius 3 is 2.77 bits per heavy atom. The van der Waals surface area contributed by atoms with Gasteiger partial charge in [0, 0.05) is 30.5 Å². The Labute approximate surface area is 152 Å². The molecule has 1 aliphatic carbocycles. The molecule has 3 aromatic rings. The fraction of sp³-hybridized carbons (Fsp3) is 0.300. The number of hydrogen-bond acceptors (Lipinski definition) is 5. The summed E-state index contributed by atoms with van der Waals surface area (Å²) in [5.41, 5.74) is 3.20. The molecule has 4 rings (SSSR count). The smallest absolute Gasteiger partial charge is 0.251 e. The normalized spacial score (nSPS) is 19.0. The Balaban J connectivity index is 1.26. The lowest BCUT2D eigenvalue weighted by molar-refractivity contribution is 0.0936. The Bertz CT molecular complexity index is 936. The number of carbonyl (C=O) groups is 1. The van der Waals surface area contributed by atoms with Crippen LogP contribution in [0.2, 0.25) is 0 Å². The number of rotatable bonds is 5. The fourth-order valence-corrected chi connectivity index (χ4v) is 3.32. The first kappa shape index (κ1) is 16.4. The van der Waals surface area contributed by atoms with E-state index < -0.39 is 0 Å². The van der Waals surface area contributed by atoms with Gasteiger partial charge in [0.15, 0.2) is 5.65 Å². The van der Waals surface area contributed by atoms with Gasteiger partial charge in [0.25, 0.3) is 5.91 Å². The first-order valence-electron chi connectivity index (χ1n) is 8.87. The number of pyridine rings is 1. The van der Waals surface area contributed by atoms with Crippen LogP contribution in [0.5, 0.6) is 0 Å². The van der Waals surface area contributed by atoms with Gasteiger partial charge in [-0.1, -0.05) is 18.2 Å². The molecule has 0 bridgehead atoms. The lowest BCUT2D eigenvalue weighted by atomic mass is 9.80. The van der Waals surface area contributed by atoms with Crippen LogP contribution in [0.3, 0.4) is 0 Å². The van der Waals surface area contributed by atoms with Gasteiger partial charge in [-0.2, -0.15) is 0 Å². The molecule has 1 amide bonds. The molecule has 0 aliphatic heterocycles. The van der Waals surface area contributed by atoms with Crippen molar-refractivity contribution in [2.45, 2.75) is 25.8 Å². The lowest BCUT2D eigenvalue weighted by Crippen LogP contribution is -2.42. The van der Waals surface area contributed by atoms with Gasteiger partial charge < -0.3 is 10.6 Å². The zero-order chi connectivity index (χ0) is 17.9. The zero-order valence-corrected chi connectivity index (χ0v) is 14.6. The van der Waals surface area contributed by atoms with E-state index in [-0.39, 0.29) is 5.91 Å². The van der Waals surface area contributed by atoms with E-state index in [1.807, 2.05) is 43.3 Å². The second-order valence-electron chi connectivity index (χ2n) is 6.80. The summed E-state index contributed by atoms with van der Waals surface area (Å²) in [4.78, 5) is 25.2. The van der Waals surface area contributed by atoms with Crippen molar-refractivity contribution in [3.63, 3.8) is 0 Å². The molecule has 1 saturated carbocycles. The monoisotopic (exact) mass is 347 g/mol. The molecule has 2 N–H and O–H groups in total. The molecular weight excluding hydrogens is 326 g/mol. The summed E-state index contributed by atoms with van der Waals surface area (Å²) >= 11 is 0. The van der Waals surface area contributed by atoms with Crippen LogP contribution in [0, 0.1) is 12.8 Å². The minimum atomic E-state index is 0.00859. The molecule has 132 valence electrons. The van der Waals surface area contributed by atoms with Gasteiger partial charge in [-0.3, -0.25) is 9.78 Å². The Morgan fingerprint density at radius 2 is 1.92 bits per heavy atom. The van der Waals surface area contributed by atoms with Crippen LogP contribution in [-0.4, -0.2) is 33.4 Å². The second kappa shape index (κ2) is 7.07. The molecule has 0 atom stereocenters. The largest absolute Gasteiger partial charge is 0.367 e. The van der Waals surface area contributed by atoms with E-state index >= 15 is 0 Å². The number of carbonyl (C=O) groups excluding carboxylic acids is 1. The summed E-state index contributed by atoms with van der Waals surface area (Å²) in [5.74, 6) is 1.33. The van der Waals surface area contributed by atoms with Gasteiger partial charge >= 0.3 is 0 Å². The molecule has 0 saturated heterocycles. The first-order chi connectivity index (χ1) is 12.7.